The van der Waals surface area contributed by atoms with Crippen LogP contribution in [0.5, 0.6) is 0 Å². The number of benzene rings is 2. The summed E-state index contributed by atoms with van der Waals surface area (Å²) in [5.74, 6) is -0.413. The molecule has 0 saturated heterocycles. The van der Waals surface area contributed by atoms with Crippen molar-refractivity contribution in [2.45, 2.75) is 37.0 Å². The zero-order valence-corrected chi connectivity index (χ0v) is 15.5. The number of aryl methyl sites for hydroxylation is 2. The van der Waals surface area contributed by atoms with Crippen LogP contribution >= 0.6 is 0 Å². The Morgan fingerprint density at radius 2 is 1.73 bits per heavy atom. The lowest BCUT2D eigenvalue weighted by atomic mass is 9.92. The molecule has 0 spiro atoms. The van der Waals surface area contributed by atoms with Gasteiger partial charge in [0.2, 0.25) is 0 Å². The number of nitrogens with zero attached hydrogens (tertiary/aromatic N) is 1. The van der Waals surface area contributed by atoms with E-state index in [2.05, 4.69) is 0 Å². The largest absolute Gasteiger partial charge is 0.465 e. The molecule has 136 valence electrons. The number of hydrogen-bond donors (Lipinski definition) is 0. The number of rotatable bonds is 3. The highest BCUT2D eigenvalue weighted by molar-refractivity contribution is 7.92. The van der Waals surface area contributed by atoms with Crippen molar-refractivity contribution < 1.29 is 17.9 Å². The van der Waals surface area contributed by atoms with Gasteiger partial charge in [0.05, 0.1) is 23.3 Å². The summed E-state index contributed by atoms with van der Waals surface area (Å²) in [5, 5.41) is 0. The van der Waals surface area contributed by atoms with Crippen molar-refractivity contribution >= 4 is 21.7 Å². The minimum atomic E-state index is -3.61. The Balaban J connectivity index is 1.70. The molecule has 26 heavy (non-hydrogen) atoms. The van der Waals surface area contributed by atoms with E-state index in [1.54, 1.807) is 24.3 Å². The zero-order chi connectivity index (χ0) is 18.3. The maximum absolute atomic E-state index is 13.2. The average Bonchev–Trinajstić information content (AvgIpc) is 3.11. The van der Waals surface area contributed by atoms with Crippen LogP contribution in [-0.2, 0) is 34.0 Å². The van der Waals surface area contributed by atoms with E-state index in [-0.39, 0.29) is 0 Å². The number of carbonyl (C=O) groups excluding carboxylic acids is 1. The van der Waals surface area contributed by atoms with Gasteiger partial charge in [0.1, 0.15) is 0 Å². The monoisotopic (exact) mass is 371 g/mol. The van der Waals surface area contributed by atoms with Crippen LogP contribution in [0.1, 0.15) is 39.9 Å². The number of ether oxygens (including phenoxy) is 1. The number of anilines is 1. The van der Waals surface area contributed by atoms with Gasteiger partial charge in [-0.25, -0.2) is 13.2 Å². The number of methoxy groups -OCH3 is 1. The molecule has 0 N–H and O–H groups in total. The smallest absolute Gasteiger partial charge is 0.337 e. The molecule has 0 unspecified atom stereocenters. The molecule has 6 heteroatoms. The third-order valence-corrected chi connectivity index (χ3v) is 7.07. The third-order valence-electron chi connectivity index (χ3n) is 5.26. The molecule has 2 aromatic rings. The molecule has 0 saturated carbocycles. The molecule has 1 aliphatic heterocycles. The lowest BCUT2D eigenvalue weighted by molar-refractivity contribution is 0.0600. The second-order valence-corrected chi connectivity index (χ2v) is 8.66. The van der Waals surface area contributed by atoms with E-state index in [9.17, 15) is 13.2 Å². The van der Waals surface area contributed by atoms with Gasteiger partial charge in [-0.2, -0.15) is 0 Å². The minimum Gasteiger partial charge on any atom is -0.465 e. The first-order valence-corrected chi connectivity index (χ1v) is 10.3. The van der Waals surface area contributed by atoms with Crippen molar-refractivity contribution in [3.8, 4) is 0 Å². The minimum absolute atomic E-state index is 0.350. The summed E-state index contributed by atoms with van der Waals surface area (Å²) in [6.45, 7) is 0.388. The lowest BCUT2D eigenvalue weighted by Crippen LogP contribution is -2.29. The summed E-state index contributed by atoms with van der Waals surface area (Å²) >= 11 is 0. The number of fused-ring (bicyclic) bond motifs is 2. The Labute approximate surface area is 153 Å². The molecule has 4 rings (SSSR count). The summed E-state index contributed by atoms with van der Waals surface area (Å²) in [6, 6.07) is 10.6. The highest BCUT2D eigenvalue weighted by Gasteiger charge is 2.32. The van der Waals surface area contributed by atoms with Crippen LogP contribution < -0.4 is 4.31 Å². The van der Waals surface area contributed by atoms with Gasteiger partial charge in [-0.3, -0.25) is 4.31 Å². The first-order valence-electron chi connectivity index (χ1n) is 8.86. The summed E-state index contributed by atoms with van der Waals surface area (Å²) in [7, 11) is -2.27. The predicted octanol–water partition coefficient (Wildman–Crippen LogP) is 3.10. The van der Waals surface area contributed by atoms with Crippen molar-refractivity contribution in [1.82, 2.24) is 0 Å². The fraction of sp³-hybridized carbons (Fsp3) is 0.350. The third kappa shape index (κ3) is 2.78. The molecule has 1 heterocycles. The topological polar surface area (TPSA) is 63.7 Å². The highest BCUT2D eigenvalue weighted by Crippen LogP contribution is 2.34. The van der Waals surface area contributed by atoms with Crippen molar-refractivity contribution in [2.24, 2.45) is 0 Å². The van der Waals surface area contributed by atoms with Crippen LogP contribution in [-0.4, -0.2) is 28.0 Å². The van der Waals surface area contributed by atoms with Gasteiger partial charge in [-0.15, -0.1) is 0 Å². The van der Waals surface area contributed by atoms with Crippen LogP contribution in [0.15, 0.2) is 41.3 Å². The van der Waals surface area contributed by atoms with Gasteiger partial charge in [0.15, 0.2) is 0 Å². The van der Waals surface area contributed by atoms with Gasteiger partial charge in [-0.1, -0.05) is 6.07 Å². The summed E-state index contributed by atoms with van der Waals surface area (Å²) in [6.07, 6.45) is 4.83. The maximum atomic E-state index is 13.2. The first-order chi connectivity index (χ1) is 12.5. The quantitative estimate of drug-likeness (QED) is 0.778. The second-order valence-electron chi connectivity index (χ2n) is 6.80. The maximum Gasteiger partial charge on any atom is 0.337 e. The first kappa shape index (κ1) is 17.1. The average molecular weight is 371 g/mol. The Morgan fingerprint density at radius 3 is 2.50 bits per heavy atom. The number of esters is 1. The summed E-state index contributed by atoms with van der Waals surface area (Å²) in [4.78, 5) is 12.0. The Kier molecular flexibility index (Phi) is 4.23. The number of hydrogen-bond acceptors (Lipinski definition) is 4. The Bertz CT molecular complexity index is 981. The molecule has 1 aliphatic carbocycles. The van der Waals surface area contributed by atoms with Gasteiger partial charge in [-0.05, 0) is 79.1 Å². The highest BCUT2D eigenvalue weighted by atomic mass is 32.2. The predicted molar refractivity (Wildman–Crippen MR) is 99.1 cm³/mol. The van der Waals surface area contributed by atoms with E-state index in [0.717, 1.165) is 30.4 Å². The molecule has 0 radical (unpaired) electrons. The van der Waals surface area contributed by atoms with E-state index < -0.39 is 16.0 Å². The van der Waals surface area contributed by atoms with Gasteiger partial charge >= 0.3 is 5.97 Å². The molecule has 2 aliphatic rings. The van der Waals surface area contributed by atoms with Crippen LogP contribution in [0.3, 0.4) is 0 Å². The van der Waals surface area contributed by atoms with E-state index in [1.807, 2.05) is 12.1 Å². The van der Waals surface area contributed by atoms with Gasteiger partial charge in [0.25, 0.3) is 10.0 Å². The zero-order valence-electron chi connectivity index (χ0n) is 14.7. The van der Waals surface area contributed by atoms with Crippen LogP contribution in [0, 0.1) is 0 Å². The van der Waals surface area contributed by atoms with Crippen molar-refractivity contribution in [1.29, 1.82) is 0 Å². The van der Waals surface area contributed by atoms with E-state index in [1.165, 1.54) is 23.4 Å². The lowest BCUT2D eigenvalue weighted by Gasteiger charge is -2.22. The molecular formula is C20H21NO4S. The van der Waals surface area contributed by atoms with Crippen molar-refractivity contribution in [2.75, 3.05) is 18.0 Å². The van der Waals surface area contributed by atoms with E-state index >= 15 is 0 Å². The van der Waals surface area contributed by atoms with Crippen LogP contribution in [0.25, 0.3) is 0 Å². The summed E-state index contributed by atoms with van der Waals surface area (Å²) in [5.41, 5.74) is 4.36. The Morgan fingerprint density at radius 1 is 0.962 bits per heavy atom. The molecule has 5 nitrogen and oxygen atoms in total. The standard InChI is InChI=1S/C20H21NO4S/c1-25-20(22)17-7-9-19-16(12-17)10-11-21(19)26(23,24)18-8-6-14-4-2-3-5-15(14)13-18/h6-9,12-13H,2-5,10-11H2,1H3. The van der Waals surface area contributed by atoms with Gasteiger partial charge < -0.3 is 4.74 Å². The SMILES string of the molecule is COC(=O)c1ccc2c(c1)CCN2S(=O)(=O)c1ccc2c(c1)CCCC2. The van der Waals surface area contributed by atoms with Crippen molar-refractivity contribution in [3.05, 3.63) is 58.7 Å². The number of sulfonamides is 1. The molecule has 0 fully saturated rings. The van der Waals surface area contributed by atoms with Crippen LogP contribution in [0.4, 0.5) is 5.69 Å². The molecular weight excluding hydrogens is 350 g/mol. The molecule has 0 bridgehead atoms. The van der Waals surface area contributed by atoms with E-state index in [0.29, 0.717) is 29.1 Å². The second kappa shape index (κ2) is 6.43. The molecule has 2 aromatic carbocycles. The summed E-state index contributed by atoms with van der Waals surface area (Å²) < 4.78 is 32.6. The fourth-order valence-corrected chi connectivity index (χ4v) is 5.42. The van der Waals surface area contributed by atoms with E-state index in [4.69, 9.17) is 4.74 Å². The molecule has 0 aromatic heterocycles. The normalized spacial score (nSPS) is 16.1. The Hall–Kier alpha value is -2.34. The van der Waals surface area contributed by atoms with Crippen LogP contribution in [0.2, 0.25) is 0 Å². The number of carbonyl (C=O) groups is 1. The van der Waals surface area contributed by atoms with Crippen molar-refractivity contribution in [3.63, 3.8) is 0 Å². The molecule has 0 atom stereocenters. The van der Waals surface area contributed by atoms with Gasteiger partial charge in [0, 0.05) is 6.54 Å². The molecule has 0 amide bonds. The fourth-order valence-electron chi connectivity index (χ4n) is 3.86.